The number of carbonyl (C=O) groups excluding carboxylic acids is 2. The Kier molecular flexibility index (Phi) is 9.48. The van der Waals surface area contributed by atoms with Crippen molar-refractivity contribution in [3.05, 3.63) is 64.1 Å². The highest BCUT2D eigenvalue weighted by molar-refractivity contribution is 9.10. The lowest BCUT2D eigenvalue weighted by Crippen LogP contribution is -2.51. The number of anilines is 1. The molecule has 9 heteroatoms. The minimum atomic E-state index is -3.73. The van der Waals surface area contributed by atoms with Gasteiger partial charge in [-0.15, -0.1) is 0 Å². The highest BCUT2D eigenvalue weighted by Gasteiger charge is 2.30. The Labute approximate surface area is 205 Å². The second kappa shape index (κ2) is 11.7. The van der Waals surface area contributed by atoms with Crippen molar-refractivity contribution in [2.24, 2.45) is 5.92 Å². The fourth-order valence-corrected chi connectivity index (χ4v) is 4.32. The molecule has 2 aromatic rings. The molecule has 0 bridgehead atoms. The Hall–Kier alpha value is -2.39. The summed E-state index contributed by atoms with van der Waals surface area (Å²) < 4.78 is 27.1. The third kappa shape index (κ3) is 8.16. The first-order chi connectivity index (χ1) is 15.4. The number of nitrogens with one attached hydrogen (secondary N) is 1. The number of halogens is 1. The van der Waals surface area contributed by atoms with E-state index in [4.69, 9.17) is 0 Å². The number of benzene rings is 2. The van der Waals surface area contributed by atoms with Crippen LogP contribution in [0.5, 0.6) is 0 Å². The number of carbonyl (C=O) groups is 2. The number of hydrogen-bond donors (Lipinski definition) is 1. The van der Waals surface area contributed by atoms with E-state index in [9.17, 15) is 18.0 Å². The van der Waals surface area contributed by atoms with Gasteiger partial charge in [-0.1, -0.05) is 54.0 Å². The molecule has 0 saturated carbocycles. The molecular formula is C24H32BrN3O4S. The van der Waals surface area contributed by atoms with Crippen LogP contribution in [0.25, 0.3) is 0 Å². The summed E-state index contributed by atoms with van der Waals surface area (Å²) in [5.41, 5.74) is 2.12. The first-order valence-electron chi connectivity index (χ1n) is 10.7. The summed E-state index contributed by atoms with van der Waals surface area (Å²) in [5, 5.41) is 2.86. The van der Waals surface area contributed by atoms with E-state index in [0.29, 0.717) is 12.2 Å². The summed E-state index contributed by atoms with van der Waals surface area (Å²) in [4.78, 5) is 27.7. The Morgan fingerprint density at radius 2 is 1.70 bits per heavy atom. The topological polar surface area (TPSA) is 86.8 Å². The quantitative estimate of drug-likeness (QED) is 0.500. The van der Waals surface area contributed by atoms with Gasteiger partial charge in [-0.25, -0.2) is 8.42 Å². The van der Waals surface area contributed by atoms with Gasteiger partial charge in [0.2, 0.25) is 21.8 Å². The van der Waals surface area contributed by atoms with Crippen molar-refractivity contribution < 1.29 is 18.0 Å². The summed E-state index contributed by atoms with van der Waals surface area (Å²) in [6.07, 6.45) is 1.07. The first kappa shape index (κ1) is 26.9. The zero-order valence-corrected chi connectivity index (χ0v) is 22.1. The molecule has 0 spiro atoms. The summed E-state index contributed by atoms with van der Waals surface area (Å²) in [5.74, 6) is -0.480. The highest BCUT2D eigenvalue weighted by atomic mass is 79.9. The molecule has 0 unspecified atom stereocenters. The monoisotopic (exact) mass is 537 g/mol. The SMILES string of the molecule is Cc1cccc(N(CC(=O)N(Cc2ccc(Br)cc2)[C@@H](C)C(=O)NCC(C)C)S(C)(=O)=O)c1. The fourth-order valence-electron chi connectivity index (χ4n) is 3.22. The van der Waals surface area contributed by atoms with E-state index < -0.39 is 28.5 Å². The molecule has 2 rings (SSSR count). The number of hydrogen-bond acceptors (Lipinski definition) is 4. The summed E-state index contributed by atoms with van der Waals surface area (Å²) in [6.45, 7) is 7.75. The second-order valence-corrected chi connectivity index (χ2v) is 11.4. The largest absolute Gasteiger partial charge is 0.354 e. The molecule has 0 aromatic heterocycles. The molecule has 1 atom stereocenters. The van der Waals surface area contributed by atoms with Crippen molar-refractivity contribution in [3.63, 3.8) is 0 Å². The molecule has 0 aliphatic carbocycles. The van der Waals surface area contributed by atoms with E-state index in [0.717, 1.165) is 26.2 Å². The van der Waals surface area contributed by atoms with Gasteiger partial charge >= 0.3 is 0 Å². The molecule has 0 aliphatic rings. The molecule has 180 valence electrons. The Morgan fingerprint density at radius 1 is 1.06 bits per heavy atom. The fraction of sp³-hybridized carbons (Fsp3) is 0.417. The summed E-state index contributed by atoms with van der Waals surface area (Å²) >= 11 is 3.40. The van der Waals surface area contributed by atoms with Crippen molar-refractivity contribution in [1.82, 2.24) is 10.2 Å². The molecule has 33 heavy (non-hydrogen) atoms. The van der Waals surface area contributed by atoms with Crippen LogP contribution < -0.4 is 9.62 Å². The van der Waals surface area contributed by atoms with E-state index >= 15 is 0 Å². The van der Waals surface area contributed by atoms with Crippen LogP contribution in [0.2, 0.25) is 0 Å². The Bertz CT molecular complexity index is 1070. The zero-order valence-electron chi connectivity index (χ0n) is 19.7. The van der Waals surface area contributed by atoms with Gasteiger partial charge in [0.25, 0.3) is 0 Å². The smallest absolute Gasteiger partial charge is 0.244 e. The maximum atomic E-state index is 13.4. The van der Waals surface area contributed by atoms with Crippen LogP contribution in [0.1, 0.15) is 31.9 Å². The number of nitrogens with zero attached hydrogens (tertiary/aromatic N) is 2. The maximum Gasteiger partial charge on any atom is 0.244 e. The lowest BCUT2D eigenvalue weighted by Gasteiger charge is -2.31. The van der Waals surface area contributed by atoms with E-state index in [2.05, 4.69) is 21.2 Å². The van der Waals surface area contributed by atoms with Gasteiger partial charge in [-0.3, -0.25) is 13.9 Å². The van der Waals surface area contributed by atoms with E-state index in [1.165, 1.54) is 4.90 Å². The third-order valence-electron chi connectivity index (χ3n) is 5.09. The lowest BCUT2D eigenvalue weighted by molar-refractivity contribution is -0.139. The molecule has 7 nitrogen and oxygen atoms in total. The van der Waals surface area contributed by atoms with Crippen LogP contribution in [0.3, 0.4) is 0 Å². The van der Waals surface area contributed by atoms with Crippen LogP contribution in [0, 0.1) is 12.8 Å². The standard InChI is InChI=1S/C24H32BrN3O4S/c1-17(2)14-26-24(30)19(4)27(15-20-9-11-21(25)12-10-20)23(29)16-28(33(5,31)32)22-8-6-7-18(3)13-22/h6-13,17,19H,14-16H2,1-5H3,(H,26,30)/t19-/m0/s1. The average molecular weight is 539 g/mol. The van der Waals surface area contributed by atoms with Crippen molar-refractivity contribution in [1.29, 1.82) is 0 Å². The lowest BCUT2D eigenvalue weighted by atomic mass is 10.1. The van der Waals surface area contributed by atoms with Crippen LogP contribution in [-0.2, 0) is 26.2 Å². The predicted molar refractivity (Wildman–Crippen MR) is 135 cm³/mol. The normalized spacial score (nSPS) is 12.3. The van der Waals surface area contributed by atoms with Gasteiger partial charge in [0, 0.05) is 17.6 Å². The minimum absolute atomic E-state index is 0.174. The number of amides is 2. The van der Waals surface area contributed by atoms with Gasteiger partial charge in [0.05, 0.1) is 11.9 Å². The number of aryl methyl sites for hydroxylation is 1. The van der Waals surface area contributed by atoms with Crippen LogP contribution >= 0.6 is 15.9 Å². The molecular weight excluding hydrogens is 506 g/mol. The molecule has 0 fully saturated rings. The molecule has 2 aromatic carbocycles. The molecule has 0 aliphatic heterocycles. The second-order valence-electron chi connectivity index (χ2n) is 8.57. The Balaban J connectivity index is 2.35. The van der Waals surface area contributed by atoms with Gasteiger partial charge < -0.3 is 10.2 Å². The third-order valence-corrected chi connectivity index (χ3v) is 6.76. The van der Waals surface area contributed by atoms with Crippen molar-refractivity contribution in [2.45, 2.75) is 40.3 Å². The molecule has 0 saturated heterocycles. The number of sulfonamides is 1. The van der Waals surface area contributed by atoms with Gasteiger partial charge in [-0.2, -0.15) is 0 Å². The number of rotatable bonds is 10. The molecule has 0 heterocycles. The zero-order chi connectivity index (χ0) is 24.8. The van der Waals surface area contributed by atoms with Gasteiger partial charge in [0.1, 0.15) is 12.6 Å². The minimum Gasteiger partial charge on any atom is -0.354 e. The van der Waals surface area contributed by atoms with Crippen molar-refractivity contribution in [2.75, 3.05) is 23.7 Å². The van der Waals surface area contributed by atoms with Gasteiger partial charge in [-0.05, 0) is 55.2 Å². The van der Waals surface area contributed by atoms with Crippen molar-refractivity contribution >= 4 is 43.5 Å². The molecule has 1 N–H and O–H groups in total. The van der Waals surface area contributed by atoms with Crippen LogP contribution in [0.15, 0.2) is 53.0 Å². The van der Waals surface area contributed by atoms with Crippen LogP contribution in [-0.4, -0.2) is 50.5 Å². The van der Waals surface area contributed by atoms with Crippen molar-refractivity contribution in [3.8, 4) is 0 Å². The molecule has 2 amide bonds. The van der Waals surface area contributed by atoms with Crippen LogP contribution in [0.4, 0.5) is 5.69 Å². The van der Waals surface area contributed by atoms with E-state index in [-0.39, 0.29) is 18.4 Å². The van der Waals surface area contributed by atoms with E-state index in [1.54, 1.807) is 25.1 Å². The first-order valence-corrected chi connectivity index (χ1v) is 13.4. The summed E-state index contributed by atoms with van der Waals surface area (Å²) in [7, 11) is -3.73. The summed E-state index contributed by atoms with van der Waals surface area (Å²) in [6, 6.07) is 13.6. The molecule has 0 radical (unpaired) electrons. The Morgan fingerprint density at radius 3 is 2.24 bits per heavy atom. The maximum absolute atomic E-state index is 13.4. The van der Waals surface area contributed by atoms with Gasteiger partial charge in [0.15, 0.2) is 0 Å². The average Bonchev–Trinajstić information content (AvgIpc) is 2.73. The predicted octanol–water partition coefficient (Wildman–Crippen LogP) is 3.71. The highest BCUT2D eigenvalue weighted by Crippen LogP contribution is 2.20. The van der Waals surface area contributed by atoms with E-state index in [1.807, 2.05) is 51.1 Å².